The Hall–Kier alpha value is -3.73. The van der Waals surface area contributed by atoms with Crippen molar-refractivity contribution in [3.8, 4) is 5.88 Å². The molecule has 11 heteroatoms. The molecule has 1 amide bonds. The Morgan fingerprint density at radius 2 is 2.12 bits per heavy atom. The molecule has 3 aromatic heterocycles. The number of amides is 1. The van der Waals surface area contributed by atoms with Gasteiger partial charge in [-0.25, -0.2) is 9.97 Å². The van der Waals surface area contributed by atoms with E-state index in [-0.39, 0.29) is 12.4 Å². The number of hydrogen-bond acceptors (Lipinski definition) is 8. The number of pyridine rings is 1. The summed E-state index contributed by atoms with van der Waals surface area (Å²) in [6.07, 6.45) is 6.30. The summed E-state index contributed by atoms with van der Waals surface area (Å²) in [6, 6.07) is 4.09. The standard InChI is InChI=1S/C20H25N7O2.CH2O2/c1-4-29-19-16(9-22-20(25-19)26-8-7-14(11-26)21-3)18(28)24-15-5-6-17-23-13(2)10-27(17)12-15;2-1-3/h5-6,9-10,12,14,21H,4,7-8,11H2,1-3H3,(H,24,28);1H,(H,2,3)/t14-;/m1./s1. The molecule has 1 aliphatic rings. The van der Waals surface area contributed by atoms with Crippen LogP contribution in [0.5, 0.6) is 5.88 Å². The van der Waals surface area contributed by atoms with Crippen molar-refractivity contribution in [3.05, 3.63) is 42.0 Å². The smallest absolute Gasteiger partial charge is 0.290 e. The highest BCUT2D eigenvalue weighted by Gasteiger charge is 2.25. The fourth-order valence-corrected chi connectivity index (χ4v) is 3.48. The summed E-state index contributed by atoms with van der Waals surface area (Å²) < 4.78 is 7.53. The van der Waals surface area contributed by atoms with Gasteiger partial charge in [0.25, 0.3) is 12.4 Å². The van der Waals surface area contributed by atoms with Crippen molar-refractivity contribution < 1.29 is 19.4 Å². The largest absolute Gasteiger partial charge is 0.483 e. The van der Waals surface area contributed by atoms with Gasteiger partial charge in [-0.3, -0.25) is 9.59 Å². The minimum absolute atomic E-state index is 0.250. The molecule has 0 spiro atoms. The van der Waals surface area contributed by atoms with E-state index in [2.05, 4.69) is 30.5 Å². The van der Waals surface area contributed by atoms with E-state index in [0.29, 0.717) is 35.7 Å². The van der Waals surface area contributed by atoms with Crippen LogP contribution >= 0.6 is 0 Å². The molecular weight excluding hydrogens is 414 g/mol. The summed E-state index contributed by atoms with van der Waals surface area (Å²) in [7, 11) is 1.95. The van der Waals surface area contributed by atoms with Crippen molar-refractivity contribution in [1.29, 1.82) is 0 Å². The molecule has 0 aromatic carbocycles. The van der Waals surface area contributed by atoms with Gasteiger partial charge in [-0.15, -0.1) is 0 Å². The van der Waals surface area contributed by atoms with Crippen LogP contribution in [-0.4, -0.2) is 69.6 Å². The van der Waals surface area contributed by atoms with Gasteiger partial charge in [-0.05, 0) is 39.4 Å². The van der Waals surface area contributed by atoms with E-state index >= 15 is 0 Å². The maximum atomic E-state index is 12.9. The third-order valence-electron chi connectivity index (χ3n) is 4.98. The number of likely N-dealkylation sites (N-methyl/N-ethyl adjacent to an activating group) is 1. The van der Waals surface area contributed by atoms with E-state index < -0.39 is 0 Å². The first-order valence-corrected chi connectivity index (χ1v) is 10.3. The van der Waals surface area contributed by atoms with Gasteiger partial charge in [0, 0.05) is 37.7 Å². The zero-order valence-electron chi connectivity index (χ0n) is 18.3. The Morgan fingerprint density at radius 3 is 2.81 bits per heavy atom. The monoisotopic (exact) mass is 441 g/mol. The van der Waals surface area contributed by atoms with E-state index in [9.17, 15) is 4.79 Å². The predicted octanol–water partition coefficient (Wildman–Crippen LogP) is 1.58. The fraction of sp³-hybridized carbons (Fsp3) is 0.381. The molecular formula is C21H27N7O4. The molecule has 4 heterocycles. The molecule has 1 saturated heterocycles. The maximum Gasteiger partial charge on any atom is 0.290 e. The average molecular weight is 441 g/mol. The van der Waals surface area contributed by atoms with Gasteiger partial charge in [0.2, 0.25) is 11.8 Å². The second-order valence-corrected chi connectivity index (χ2v) is 7.17. The van der Waals surface area contributed by atoms with Crippen molar-refractivity contribution in [2.45, 2.75) is 26.3 Å². The second-order valence-electron chi connectivity index (χ2n) is 7.17. The van der Waals surface area contributed by atoms with E-state index in [1.165, 1.54) is 6.20 Å². The normalized spacial score (nSPS) is 15.2. The zero-order valence-corrected chi connectivity index (χ0v) is 18.3. The summed E-state index contributed by atoms with van der Waals surface area (Å²) in [5.74, 6) is 0.561. The molecule has 3 N–H and O–H groups in total. The Bertz CT molecular complexity index is 1090. The fourth-order valence-electron chi connectivity index (χ4n) is 3.48. The van der Waals surface area contributed by atoms with Gasteiger partial charge >= 0.3 is 0 Å². The van der Waals surface area contributed by atoms with E-state index in [4.69, 9.17) is 14.6 Å². The van der Waals surface area contributed by atoms with Crippen LogP contribution in [0.3, 0.4) is 0 Å². The number of aromatic nitrogens is 4. The topological polar surface area (TPSA) is 134 Å². The van der Waals surface area contributed by atoms with Crippen LogP contribution in [0.25, 0.3) is 5.65 Å². The third kappa shape index (κ3) is 5.30. The number of aryl methyl sites for hydroxylation is 1. The lowest BCUT2D eigenvalue weighted by Gasteiger charge is -2.18. The van der Waals surface area contributed by atoms with Crippen molar-refractivity contribution >= 4 is 29.7 Å². The molecule has 0 radical (unpaired) electrons. The SMILES string of the molecule is CCOc1nc(N2CC[C@@H](NC)C2)ncc1C(=O)Nc1ccc2nc(C)cn2c1.O=CO. The summed E-state index contributed by atoms with van der Waals surface area (Å²) >= 11 is 0. The average Bonchev–Trinajstić information content (AvgIpc) is 3.40. The number of fused-ring (bicyclic) bond motifs is 1. The Morgan fingerprint density at radius 1 is 1.34 bits per heavy atom. The minimum atomic E-state index is -0.314. The van der Waals surface area contributed by atoms with Gasteiger partial charge in [0.1, 0.15) is 11.2 Å². The number of hydrogen-bond donors (Lipinski definition) is 3. The lowest BCUT2D eigenvalue weighted by molar-refractivity contribution is -0.122. The molecule has 0 aliphatic carbocycles. The Balaban J connectivity index is 0.000000913. The highest BCUT2D eigenvalue weighted by atomic mass is 16.5. The van der Waals surface area contributed by atoms with E-state index in [1.54, 1.807) is 0 Å². The summed E-state index contributed by atoms with van der Waals surface area (Å²) in [5, 5.41) is 13.1. The Labute approximate surface area is 185 Å². The first kappa shape index (κ1) is 22.9. The lowest BCUT2D eigenvalue weighted by Crippen LogP contribution is -2.30. The highest BCUT2D eigenvalue weighted by molar-refractivity contribution is 6.05. The van der Waals surface area contributed by atoms with E-state index in [0.717, 1.165) is 30.9 Å². The molecule has 170 valence electrons. The van der Waals surface area contributed by atoms with Crippen molar-refractivity contribution in [3.63, 3.8) is 0 Å². The van der Waals surface area contributed by atoms with Crippen molar-refractivity contribution in [1.82, 2.24) is 24.7 Å². The molecule has 0 unspecified atom stereocenters. The van der Waals surface area contributed by atoms with Gasteiger partial charge in [0.05, 0.1) is 18.0 Å². The summed E-state index contributed by atoms with van der Waals surface area (Å²) in [5.41, 5.74) is 2.71. The third-order valence-corrected chi connectivity index (χ3v) is 4.98. The van der Waals surface area contributed by atoms with Crippen LogP contribution < -0.4 is 20.3 Å². The molecule has 11 nitrogen and oxygen atoms in total. The predicted molar refractivity (Wildman–Crippen MR) is 119 cm³/mol. The first-order chi connectivity index (χ1) is 15.5. The van der Waals surface area contributed by atoms with Gasteiger partial charge in [0.15, 0.2) is 0 Å². The molecule has 32 heavy (non-hydrogen) atoms. The van der Waals surface area contributed by atoms with Crippen molar-refractivity contribution in [2.75, 3.05) is 37.0 Å². The molecule has 3 aromatic rings. The molecule has 4 rings (SSSR count). The number of carbonyl (C=O) groups is 2. The number of rotatable bonds is 6. The van der Waals surface area contributed by atoms with Crippen molar-refractivity contribution in [2.24, 2.45) is 0 Å². The lowest BCUT2D eigenvalue weighted by atomic mass is 10.3. The molecule has 1 aliphatic heterocycles. The van der Waals surface area contributed by atoms with Crippen LogP contribution in [0.15, 0.2) is 30.7 Å². The molecule has 1 atom stereocenters. The number of carboxylic acid groups (broad SMARTS) is 1. The van der Waals surface area contributed by atoms with Gasteiger partial charge in [-0.1, -0.05) is 0 Å². The van der Waals surface area contributed by atoms with Gasteiger partial charge < -0.3 is 29.8 Å². The number of imidazole rings is 1. The van der Waals surface area contributed by atoms with Crippen LogP contribution in [0.2, 0.25) is 0 Å². The van der Waals surface area contributed by atoms with Crippen LogP contribution in [0.4, 0.5) is 11.6 Å². The number of carbonyl (C=O) groups excluding carboxylic acids is 1. The maximum absolute atomic E-state index is 12.9. The molecule has 0 saturated carbocycles. The number of ether oxygens (including phenoxy) is 1. The number of nitrogens with zero attached hydrogens (tertiary/aromatic N) is 5. The summed E-state index contributed by atoms with van der Waals surface area (Å²) in [6.45, 7) is 5.66. The molecule has 0 bridgehead atoms. The minimum Gasteiger partial charge on any atom is -0.483 e. The summed E-state index contributed by atoms with van der Waals surface area (Å²) in [4.78, 5) is 36.6. The Kier molecular flexibility index (Phi) is 7.55. The van der Waals surface area contributed by atoms with Gasteiger partial charge in [-0.2, -0.15) is 4.98 Å². The first-order valence-electron chi connectivity index (χ1n) is 10.3. The van der Waals surface area contributed by atoms with Crippen LogP contribution in [0, 0.1) is 6.92 Å². The zero-order chi connectivity index (χ0) is 23.1. The second kappa shape index (κ2) is 10.5. The number of nitrogens with one attached hydrogen (secondary N) is 2. The highest BCUT2D eigenvalue weighted by Crippen LogP contribution is 2.23. The number of anilines is 2. The van der Waals surface area contributed by atoms with E-state index in [1.807, 2.05) is 49.8 Å². The molecule has 1 fully saturated rings. The van der Waals surface area contributed by atoms with Crippen LogP contribution in [0.1, 0.15) is 29.4 Å². The quantitative estimate of drug-likeness (QED) is 0.487. The van der Waals surface area contributed by atoms with Crippen LogP contribution in [-0.2, 0) is 4.79 Å².